The number of carbonyl (C=O) groups excluding carboxylic acids is 1. The summed E-state index contributed by atoms with van der Waals surface area (Å²) in [5, 5.41) is 24.7. The van der Waals surface area contributed by atoms with Gasteiger partial charge in [-0.25, -0.2) is 8.78 Å². The molecule has 3 aromatic rings. The molecule has 0 atom stereocenters. The molecule has 0 spiro atoms. The fraction of sp³-hybridized carbons (Fsp3) is 0.174. The van der Waals surface area contributed by atoms with Crippen molar-refractivity contribution in [2.45, 2.75) is 26.2 Å². The number of nitrogens with one attached hydrogen (secondary N) is 1. The van der Waals surface area contributed by atoms with Crippen LogP contribution in [0.15, 0.2) is 54.6 Å². The van der Waals surface area contributed by atoms with Gasteiger partial charge in [0.15, 0.2) is 11.6 Å². The first-order valence-corrected chi connectivity index (χ1v) is 10.2. The molecule has 1 aliphatic rings. The van der Waals surface area contributed by atoms with E-state index in [9.17, 15) is 33.8 Å². The standard InChI is InChI=1S/C23H18F2N4O5/c24-21-3-1-2-16(22(21)25)12-27-11-15-5-4-14(6-18(15)13-27)10-26-23(30)17-7-19(28(31)32)9-20(8-17)29(33)34/h1-9H,10-13H2,(H,26,30). The van der Waals surface area contributed by atoms with Gasteiger partial charge in [-0.1, -0.05) is 30.3 Å². The molecular formula is C23H18F2N4O5. The second kappa shape index (κ2) is 9.32. The van der Waals surface area contributed by atoms with E-state index in [0.29, 0.717) is 13.1 Å². The summed E-state index contributed by atoms with van der Waals surface area (Å²) < 4.78 is 27.5. The molecule has 4 rings (SSSR count). The number of nitro benzene ring substituents is 2. The minimum atomic E-state index is -0.888. The molecular weight excluding hydrogens is 450 g/mol. The summed E-state index contributed by atoms with van der Waals surface area (Å²) in [6, 6.07) is 12.4. The third-order valence-electron chi connectivity index (χ3n) is 5.52. The Balaban J connectivity index is 1.42. The molecule has 1 amide bonds. The van der Waals surface area contributed by atoms with Crippen LogP contribution in [-0.4, -0.2) is 20.7 Å². The number of benzene rings is 3. The average Bonchev–Trinajstić information content (AvgIpc) is 3.21. The fourth-order valence-electron chi connectivity index (χ4n) is 3.87. The molecule has 1 N–H and O–H groups in total. The Morgan fingerprint density at radius 2 is 1.62 bits per heavy atom. The highest BCUT2D eigenvalue weighted by molar-refractivity contribution is 5.95. The van der Waals surface area contributed by atoms with Crippen molar-refractivity contribution in [2.75, 3.05) is 0 Å². The normalized spacial score (nSPS) is 12.9. The van der Waals surface area contributed by atoms with E-state index in [1.807, 2.05) is 17.0 Å². The minimum absolute atomic E-state index is 0.0983. The summed E-state index contributed by atoms with van der Waals surface area (Å²) in [5.41, 5.74) is 1.75. The molecule has 0 fully saturated rings. The van der Waals surface area contributed by atoms with Crippen molar-refractivity contribution in [3.63, 3.8) is 0 Å². The third-order valence-corrected chi connectivity index (χ3v) is 5.52. The predicted octanol–water partition coefficient (Wildman–Crippen LogP) is 4.23. The van der Waals surface area contributed by atoms with Crippen LogP contribution in [0.25, 0.3) is 0 Å². The summed E-state index contributed by atoms with van der Waals surface area (Å²) in [5.74, 6) is -2.43. The summed E-state index contributed by atoms with van der Waals surface area (Å²) in [4.78, 5) is 34.9. The van der Waals surface area contributed by atoms with E-state index in [0.717, 1.165) is 41.0 Å². The number of non-ortho nitro benzene ring substituents is 2. The van der Waals surface area contributed by atoms with Gasteiger partial charge in [-0.2, -0.15) is 0 Å². The topological polar surface area (TPSA) is 119 Å². The Hall–Kier alpha value is -4.25. The first kappa shape index (κ1) is 22.9. The number of nitrogens with zero attached hydrogens (tertiary/aromatic N) is 3. The Bertz CT molecular complexity index is 1280. The quantitative estimate of drug-likeness (QED) is 0.410. The lowest BCUT2D eigenvalue weighted by Crippen LogP contribution is -2.23. The van der Waals surface area contributed by atoms with E-state index >= 15 is 0 Å². The van der Waals surface area contributed by atoms with E-state index in [-0.39, 0.29) is 24.2 Å². The van der Waals surface area contributed by atoms with E-state index in [1.165, 1.54) is 6.07 Å². The molecule has 0 saturated heterocycles. The van der Waals surface area contributed by atoms with Gasteiger partial charge < -0.3 is 5.32 Å². The van der Waals surface area contributed by atoms with Crippen LogP contribution in [-0.2, 0) is 26.2 Å². The number of hydrogen-bond acceptors (Lipinski definition) is 6. The maximum absolute atomic E-state index is 14.0. The highest BCUT2D eigenvalue weighted by atomic mass is 19.2. The van der Waals surface area contributed by atoms with Crippen molar-refractivity contribution in [1.29, 1.82) is 0 Å². The van der Waals surface area contributed by atoms with E-state index < -0.39 is 38.8 Å². The van der Waals surface area contributed by atoms with E-state index in [1.54, 1.807) is 12.1 Å². The van der Waals surface area contributed by atoms with Crippen LogP contribution in [0, 0.1) is 31.9 Å². The molecule has 0 aromatic heterocycles. The molecule has 0 bridgehead atoms. The van der Waals surface area contributed by atoms with E-state index in [4.69, 9.17) is 0 Å². The molecule has 0 saturated carbocycles. The number of amides is 1. The lowest BCUT2D eigenvalue weighted by molar-refractivity contribution is -0.394. The van der Waals surface area contributed by atoms with Gasteiger partial charge >= 0.3 is 0 Å². The number of rotatable bonds is 7. The van der Waals surface area contributed by atoms with Crippen molar-refractivity contribution in [2.24, 2.45) is 0 Å². The molecule has 34 heavy (non-hydrogen) atoms. The van der Waals surface area contributed by atoms with Crippen molar-refractivity contribution in [1.82, 2.24) is 10.2 Å². The van der Waals surface area contributed by atoms with Crippen LogP contribution in [0.1, 0.15) is 32.6 Å². The van der Waals surface area contributed by atoms with Gasteiger partial charge in [0.1, 0.15) is 0 Å². The largest absolute Gasteiger partial charge is 0.348 e. The summed E-state index contributed by atoms with van der Waals surface area (Å²) >= 11 is 0. The Kier molecular flexibility index (Phi) is 6.28. The van der Waals surface area contributed by atoms with Gasteiger partial charge in [0, 0.05) is 43.9 Å². The van der Waals surface area contributed by atoms with Gasteiger partial charge in [0.2, 0.25) is 0 Å². The van der Waals surface area contributed by atoms with Crippen LogP contribution in [0.3, 0.4) is 0 Å². The van der Waals surface area contributed by atoms with Crippen LogP contribution in [0.2, 0.25) is 0 Å². The summed E-state index contributed by atoms with van der Waals surface area (Å²) in [6.07, 6.45) is 0. The predicted molar refractivity (Wildman–Crippen MR) is 117 cm³/mol. The van der Waals surface area contributed by atoms with Gasteiger partial charge in [-0.15, -0.1) is 0 Å². The van der Waals surface area contributed by atoms with Crippen LogP contribution in [0.5, 0.6) is 0 Å². The second-order valence-electron chi connectivity index (χ2n) is 7.90. The maximum atomic E-state index is 14.0. The summed E-state index contributed by atoms with van der Waals surface area (Å²) in [7, 11) is 0. The van der Waals surface area contributed by atoms with Crippen molar-refractivity contribution >= 4 is 17.3 Å². The van der Waals surface area contributed by atoms with E-state index in [2.05, 4.69) is 5.32 Å². The number of hydrogen-bond donors (Lipinski definition) is 1. The fourth-order valence-corrected chi connectivity index (χ4v) is 3.87. The average molecular weight is 468 g/mol. The number of nitro groups is 2. The first-order chi connectivity index (χ1) is 16.2. The van der Waals surface area contributed by atoms with Crippen molar-refractivity contribution in [3.8, 4) is 0 Å². The Morgan fingerprint density at radius 1 is 0.941 bits per heavy atom. The lowest BCUT2D eigenvalue weighted by atomic mass is 10.1. The zero-order chi connectivity index (χ0) is 24.4. The number of carbonyl (C=O) groups is 1. The monoisotopic (exact) mass is 468 g/mol. The molecule has 0 unspecified atom stereocenters. The van der Waals surface area contributed by atoms with Gasteiger partial charge in [-0.05, 0) is 22.8 Å². The third kappa shape index (κ3) is 4.89. The number of fused-ring (bicyclic) bond motifs is 1. The smallest absolute Gasteiger partial charge is 0.277 e. The second-order valence-corrected chi connectivity index (χ2v) is 7.90. The zero-order valence-corrected chi connectivity index (χ0v) is 17.7. The van der Waals surface area contributed by atoms with Crippen LogP contribution >= 0.6 is 0 Å². The molecule has 0 radical (unpaired) electrons. The van der Waals surface area contributed by atoms with Gasteiger partial charge in [0.25, 0.3) is 17.3 Å². The van der Waals surface area contributed by atoms with Crippen LogP contribution < -0.4 is 5.32 Å². The Morgan fingerprint density at radius 3 is 2.29 bits per heavy atom. The SMILES string of the molecule is O=C(NCc1ccc2c(c1)CN(Cc1cccc(F)c1F)C2)c1cc([N+](=O)[O-])cc([N+](=O)[O-])c1. The molecule has 1 aliphatic heterocycles. The highest BCUT2D eigenvalue weighted by Crippen LogP contribution is 2.27. The van der Waals surface area contributed by atoms with Gasteiger partial charge in [0.05, 0.1) is 21.5 Å². The molecule has 174 valence electrons. The van der Waals surface area contributed by atoms with Crippen LogP contribution in [0.4, 0.5) is 20.2 Å². The summed E-state index contributed by atoms with van der Waals surface area (Å²) in [6.45, 7) is 1.43. The molecule has 0 aliphatic carbocycles. The molecule has 9 nitrogen and oxygen atoms in total. The zero-order valence-electron chi connectivity index (χ0n) is 17.7. The van der Waals surface area contributed by atoms with Crippen molar-refractivity contribution < 1.29 is 23.4 Å². The number of halogens is 2. The minimum Gasteiger partial charge on any atom is -0.348 e. The van der Waals surface area contributed by atoms with Gasteiger partial charge in [-0.3, -0.25) is 29.9 Å². The molecule has 11 heteroatoms. The highest BCUT2D eigenvalue weighted by Gasteiger charge is 2.22. The molecule has 3 aromatic carbocycles. The maximum Gasteiger partial charge on any atom is 0.277 e. The first-order valence-electron chi connectivity index (χ1n) is 10.2. The molecule has 1 heterocycles. The Labute approximate surface area is 191 Å². The van der Waals surface area contributed by atoms with Crippen molar-refractivity contribution in [3.05, 3.63) is 114 Å². The lowest BCUT2D eigenvalue weighted by Gasteiger charge is -2.15.